The molecule has 0 aromatic heterocycles. The van der Waals surface area contributed by atoms with Crippen molar-refractivity contribution in [1.29, 1.82) is 0 Å². The summed E-state index contributed by atoms with van der Waals surface area (Å²) < 4.78 is 0. The summed E-state index contributed by atoms with van der Waals surface area (Å²) in [4.78, 5) is 26.8. The molecule has 0 aromatic rings. The van der Waals surface area contributed by atoms with E-state index in [1.165, 1.54) is 37.2 Å². The van der Waals surface area contributed by atoms with Crippen LogP contribution in [0.3, 0.4) is 0 Å². The topological polar surface area (TPSA) is 49.4 Å². The van der Waals surface area contributed by atoms with Crippen LogP contribution in [-0.2, 0) is 9.59 Å². The molecular weight excluding hydrogens is 284 g/mol. The largest absolute Gasteiger partial charge is 0.344 e. The van der Waals surface area contributed by atoms with E-state index in [0.29, 0.717) is 24.8 Å². The summed E-state index contributed by atoms with van der Waals surface area (Å²) in [5.74, 6) is 3.61. The minimum Gasteiger partial charge on any atom is -0.344 e. The van der Waals surface area contributed by atoms with Crippen LogP contribution in [-0.4, -0.2) is 47.4 Å². The maximum absolute atomic E-state index is 12.9. The van der Waals surface area contributed by atoms with Gasteiger partial charge < -0.3 is 10.2 Å². The van der Waals surface area contributed by atoms with Crippen LogP contribution in [0.25, 0.3) is 0 Å². The first-order valence-corrected chi connectivity index (χ1v) is 9.55. The number of rotatable bonds is 3. The van der Waals surface area contributed by atoms with Crippen molar-refractivity contribution in [3.05, 3.63) is 0 Å². The Morgan fingerprint density at radius 1 is 1.14 bits per heavy atom. The molecule has 1 N–H and O–H groups in total. The molecule has 5 heteroatoms. The van der Waals surface area contributed by atoms with E-state index < -0.39 is 0 Å². The van der Waals surface area contributed by atoms with Gasteiger partial charge in [-0.05, 0) is 42.6 Å². The molecule has 2 aliphatic heterocycles. The van der Waals surface area contributed by atoms with Gasteiger partial charge in [0.25, 0.3) is 0 Å². The van der Waals surface area contributed by atoms with Gasteiger partial charge in [-0.25, -0.2) is 0 Å². The van der Waals surface area contributed by atoms with Gasteiger partial charge in [0.15, 0.2) is 0 Å². The van der Waals surface area contributed by atoms with Crippen molar-refractivity contribution in [2.75, 3.05) is 24.6 Å². The molecule has 21 heavy (non-hydrogen) atoms. The third-order valence-corrected chi connectivity index (χ3v) is 6.36. The summed E-state index contributed by atoms with van der Waals surface area (Å²) in [7, 11) is 0. The molecule has 1 aliphatic carbocycles. The second kappa shape index (κ2) is 7.03. The van der Waals surface area contributed by atoms with Crippen LogP contribution in [0, 0.1) is 11.8 Å². The van der Waals surface area contributed by atoms with Crippen LogP contribution in [0.15, 0.2) is 0 Å². The molecular formula is C16H26N2O2S. The van der Waals surface area contributed by atoms with Crippen LogP contribution >= 0.6 is 11.8 Å². The zero-order valence-electron chi connectivity index (χ0n) is 12.7. The molecule has 0 aromatic carbocycles. The van der Waals surface area contributed by atoms with Crippen molar-refractivity contribution in [3.8, 4) is 0 Å². The number of hydrogen-bond donors (Lipinski definition) is 1. The third-order valence-electron chi connectivity index (χ3n) is 5.13. The van der Waals surface area contributed by atoms with Crippen LogP contribution < -0.4 is 5.32 Å². The lowest BCUT2D eigenvalue weighted by Gasteiger charge is -2.32. The highest BCUT2D eigenvalue weighted by molar-refractivity contribution is 7.99. The van der Waals surface area contributed by atoms with Crippen molar-refractivity contribution in [1.82, 2.24) is 10.2 Å². The molecule has 0 bridgehead atoms. The lowest BCUT2D eigenvalue weighted by atomic mass is 9.83. The number of thioether (sulfide) groups is 1. The molecule has 1 saturated carbocycles. The average Bonchev–Trinajstić information content (AvgIpc) is 2.97. The zero-order valence-corrected chi connectivity index (χ0v) is 13.5. The van der Waals surface area contributed by atoms with Crippen molar-refractivity contribution in [2.45, 2.75) is 51.0 Å². The summed E-state index contributed by atoms with van der Waals surface area (Å²) in [5.41, 5.74) is 0. The second-order valence-corrected chi connectivity index (χ2v) is 7.86. The van der Waals surface area contributed by atoms with E-state index in [4.69, 9.17) is 0 Å². The minimum absolute atomic E-state index is 0.0576. The van der Waals surface area contributed by atoms with Crippen molar-refractivity contribution < 1.29 is 9.59 Å². The normalized spacial score (nSPS) is 32.1. The Bertz CT molecular complexity index is 390. The third kappa shape index (κ3) is 3.74. The zero-order chi connectivity index (χ0) is 14.7. The molecule has 118 valence electrons. The molecule has 2 amide bonds. The second-order valence-electron chi connectivity index (χ2n) is 6.71. The predicted molar refractivity (Wildman–Crippen MR) is 85.1 cm³/mol. The molecule has 3 fully saturated rings. The monoisotopic (exact) mass is 310 g/mol. The number of carbonyl (C=O) groups excluding carboxylic acids is 2. The van der Waals surface area contributed by atoms with E-state index in [9.17, 15) is 9.59 Å². The summed E-state index contributed by atoms with van der Waals surface area (Å²) in [5, 5.41) is 3.02. The Hall–Kier alpha value is -0.710. The van der Waals surface area contributed by atoms with Gasteiger partial charge in [-0.3, -0.25) is 9.59 Å². The van der Waals surface area contributed by atoms with Gasteiger partial charge in [-0.1, -0.05) is 19.3 Å². The number of nitrogens with zero attached hydrogens (tertiary/aromatic N) is 1. The molecule has 2 saturated heterocycles. The maximum atomic E-state index is 12.9. The van der Waals surface area contributed by atoms with Gasteiger partial charge in [-0.2, -0.15) is 11.8 Å². The van der Waals surface area contributed by atoms with Crippen LogP contribution in [0.2, 0.25) is 0 Å². The number of nitrogens with one attached hydrogen (secondary N) is 1. The summed E-state index contributed by atoms with van der Waals surface area (Å²) in [6, 6.07) is -0.255. The van der Waals surface area contributed by atoms with E-state index in [1.54, 1.807) is 0 Å². The molecule has 2 unspecified atom stereocenters. The van der Waals surface area contributed by atoms with Crippen molar-refractivity contribution in [2.24, 2.45) is 11.8 Å². The van der Waals surface area contributed by atoms with Gasteiger partial charge in [-0.15, -0.1) is 0 Å². The van der Waals surface area contributed by atoms with Crippen molar-refractivity contribution in [3.63, 3.8) is 0 Å². The van der Waals surface area contributed by atoms with Gasteiger partial charge >= 0.3 is 0 Å². The van der Waals surface area contributed by atoms with Gasteiger partial charge in [0.1, 0.15) is 6.04 Å². The highest BCUT2D eigenvalue weighted by Crippen LogP contribution is 2.29. The quantitative estimate of drug-likeness (QED) is 0.868. The average molecular weight is 310 g/mol. The summed E-state index contributed by atoms with van der Waals surface area (Å²) >= 11 is 1.99. The summed E-state index contributed by atoms with van der Waals surface area (Å²) in [6.07, 6.45) is 7.52. The Kier molecular flexibility index (Phi) is 5.09. The highest BCUT2D eigenvalue weighted by Gasteiger charge is 2.36. The number of amides is 2. The Morgan fingerprint density at radius 2 is 1.95 bits per heavy atom. The van der Waals surface area contributed by atoms with Gasteiger partial charge in [0.05, 0.1) is 0 Å². The fourth-order valence-electron chi connectivity index (χ4n) is 3.86. The van der Waals surface area contributed by atoms with Gasteiger partial charge in [0, 0.05) is 19.5 Å². The van der Waals surface area contributed by atoms with E-state index >= 15 is 0 Å². The first kappa shape index (κ1) is 15.2. The van der Waals surface area contributed by atoms with E-state index in [2.05, 4.69) is 5.32 Å². The Morgan fingerprint density at radius 3 is 2.67 bits per heavy atom. The molecule has 4 nitrogen and oxygen atoms in total. The van der Waals surface area contributed by atoms with E-state index in [0.717, 1.165) is 19.4 Å². The van der Waals surface area contributed by atoms with Crippen LogP contribution in [0.4, 0.5) is 0 Å². The standard InChI is InChI=1S/C16H26N2O2S/c19-14-6-8-18(10-12-7-9-21-11-12)16(20)15(17-14)13-4-2-1-3-5-13/h12-13,15H,1-11H2,(H,17,19). The Labute approximate surface area is 131 Å². The van der Waals surface area contributed by atoms with Gasteiger partial charge in [0.2, 0.25) is 11.8 Å². The first-order valence-electron chi connectivity index (χ1n) is 8.40. The van der Waals surface area contributed by atoms with E-state index in [-0.39, 0.29) is 17.9 Å². The Balaban J connectivity index is 1.68. The highest BCUT2D eigenvalue weighted by atomic mass is 32.2. The molecule has 3 aliphatic rings. The molecule has 2 atom stereocenters. The van der Waals surface area contributed by atoms with E-state index in [1.807, 2.05) is 16.7 Å². The lowest BCUT2D eigenvalue weighted by Crippen LogP contribution is -2.50. The SMILES string of the molecule is O=C1CCN(CC2CCSC2)C(=O)C(C2CCCCC2)N1. The first-order chi connectivity index (χ1) is 10.2. The molecule has 3 rings (SSSR count). The smallest absolute Gasteiger partial charge is 0.245 e. The summed E-state index contributed by atoms with van der Waals surface area (Å²) in [6.45, 7) is 1.46. The molecule has 0 spiro atoms. The van der Waals surface area contributed by atoms with Crippen LogP contribution in [0.5, 0.6) is 0 Å². The number of carbonyl (C=O) groups is 2. The molecule has 2 heterocycles. The fraction of sp³-hybridized carbons (Fsp3) is 0.875. The van der Waals surface area contributed by atoms with Crippen molar-refractivity contribution >= 4 is 23.6 Å². The minimum atomic E-state index is -0.255. The fourth-order valence-corrected chi connectivity index (χ4v) is 5.13. The van der Waals surface area contributed by atoms with Crippen LogP contribution in [0.1, 0.15) is 44.9 Å². The predicted octanol–water partition coefficient (Wildman–Crippen LogP) is 2.04. The lowest BCUT2D eigenvalue weighted by molar-refractivity contribution is -0.135. The number of hydrogen-bond acceptors (Lipinski definition) is 3. The maximum Gasteiger partial charge on any atom is 0.245 e. The molecule has 0 radical (unpaired) electrons.